The molecule has 1 aliphatic heterocycles. The molecule has 0 aromatic heterocycles. The fourth-order valence-electron chi connectivity index (χ4n) is 2.53. The molecule has 4 nitrogen and oxygen atoms in total. The molecule has 22 heavy (non-hydrogen) atoms. The van der Waals surface area contributed by atoms with Gasteiger partial charge in [0.15, 0.2) is 0 Å². The third-order valence-electron chi connectivity index (χ3n) is 3.72. The van der Waals surface area contributed by atoms with Gasteiger partial charge in [0.05, 0.1) is 18.8 Å². The second-order valence-corrected chi connectivity index (χ2v) is 5.25. The molecule has 2 aromatic carbocycles. The summed E-state index contributed by atoms with van der Waals surface area (Å²) in [7, 11) is 0. The molecule has 0 aliphatic carbocycles. The van der Waals surface area contributed by atoms with E-state index in [0.717, 1.165) is 29.5 Å². The highest BCUT2D eigenvalue weighted by atomic mass is 16.7. The number of carbonyl (C=O) groups is 1. The number of carbonyl (C=O) groups excluding carboxylic acids is 1. The molecule has 0 bridgehead atoms. The van der Waals surface area contributed by atoms with E-state index in [4.69, 9.17) is 14.6 Å². The number of aliphatic hydroxyl groups is 1. The van der Waals surface area contributed by atoms with E-state index in [0.29, 0.717) is 12.2 Å². The standard InChI is InChI=1S/C18H18O4/c19-12-13-7-9-14(10-8-13)15-4-1-2-5-16(15)18(20)22-17-6-3-11-21-17/h1-2,4-5,7-10,17,19H,3,6,11-12H2. The third kappa shape index (κ3) is 3.18. The van der Waals surface area contributed by atoms with Gasteiger partial charge in [-0.3, -0.25) is 0 Å². The molecule has 0 amide bonds. The summed E-state index contributed by atoms with van der Waals surface area (Å²) >= 11 is 0. The van der Waals surface area contributed by atoms with E-state index in [1.165, 1.54) is 0 Å². The molecule has 1 N–H and O–H groups in total. The number of hydrogen-bond donors (Lipinski definition) is 1. The fourth-order valence-corrected chi connectivity index (χ4v) is 2.53. The lowest BCUT2D eigenvalue weighted by Crippen LogP contribution is -2.17. The van der Waals surface area contributed by atoms with Gasteiger partial charge in [-0.25, -0.2) is 4.79 Å². The van der Waals surface area contributed by atoms with Crippen LogP contribution in [0.3, 0.4) is 0 Å². The number of ether oxygens (including phenoxy) is 2. The molecule has 4 heteroatoms. The molecule has 1 atom stereocenters. The first-order valence-corrected chi connectivity index (χ1v) is 7.40. The van der Waals surface area contributed by atoms with Crippen LogP contribution in [0.4, 0.5) is 0 Å². The average Bonchev–Trinajstić information content (AvgIpc) is 3.08. The maximum absolute atomic E-state index is 12.4. The zero-order chi connectivity index (χ0) is 15.4. The first-order chi connectivity index (χ1) is 10.8. The van der Waals surface area contributed by atoms with Gasteiger partial charge >= 0.3 is 5.97 Å². The molecule has 1 fully saturated rings. The molecule has 3 rings (SSSR count). The number of benzene rings is 2. The Labute approximate surface area is 129 Å². The predicted molar refractivity (Wildman–Crippen MR) is 82.2 cm³/mol. The lowest BCUT2D eigenvalue weighted by atomic mass is 9.99. The minimum Gasteiger partial charge on any atom is -0.432 e. The van der Waals surface area contributed by atoms with Crippen LogP contribution in [-0.4, -0.2) is 24.0 Å². The quantitative estimate of drug-likeness (QED) is 0.881. The second-order valence-electron chi connectivity index (χ2n) is 5.25. The molecule has 0 spiro atoms. The summed E-state index contributed by atoms with van der Waals surface area (Å²) in [6.45, 7) is 0.644. The van der Waals surface area contributed by atoms with Crippen molar-refractivity contribution in [3.8, 4) is 11.1 Å². The van der Waals surface area contributed by atoms with Gasteiger partial charge in [-0.2, -0.15) is 0 Å². The summed E-state index contributed by atoms with van der Waals surface area (Å²) in [6.07, 6.45) is 1.23. The minimum absolute atomic E-state index is 0.00296. The smallest absolute Gasteiger partial charge is 0.341 e. The van der Waals surface area contributed by atoms with Crippen molar-refractivity contribution in [3.05, 3.63) is 59.7 Å². The van der Waals surface area contributed by atoms with Gasteiger partial charge in [-0.1, -0.05) is 42.5 Å². The van der Waals surface area contributed by atoms with Gasteiger partial charge in [0.25, 0.3) is 0 Å². The lowest BCUT2D eigenvalue weighted by Gasteiger charge is -2.13. The molecule has 1 aliphatic rings. The average molecular weight is 298 g/mol. The van der Waals surface area contributed by atoms with Crippen LogP contribution in [0.1, 0.15) is 28.8 Å². The highest BCUT2D eigenvalue weighted by molar-refractivity contribution is 5.97. The Bertz CT molecular complexity index is 642. The van der Waals surface area contributed by atoms with Crippen LogP contribution in [0.2, 0.25) is 0 Å². The summed E-state index contributed by atoms with van der Waals surface area (Å²) in [4.78, 5) is 12.4. The van der Waals surface area contributed by atoms with E-state index in [1.807, 2.05) is 42.5 Å². The Morgan fingerprint density at radius 1 is 1.18 bits per heavy atom. The van der Waals surface area contributed by atoms with Crippen LogP contribution in [-0.2, 0) is 16.1 Å². The van der Waals surface area contributed by atoms with E-state index in [2.05, 4.69) is 0 Å². The fraction of sp³-hybridized carbons (Fsp3) is 0.278. The summed E-state index contributed by atoms with van der Waals surface area (Å²) in [5.74, 6) is -0.367. The molecular weight excluding hydrogens is 280 g/mol. The maximum atomic E-state index is 12.4. The normalized spacial score (nSPS) is 17.4. The Hall–Kier alpha value is -2.17. The van der Waals surface area contributed by atoms with Crippen molar-refractivity contribution in [1.29, 1.82) is 0 Å². The van der Waals surface area contributed by atoms with Crippen molar-refractivity contribution in [2.45, 2.75) is 25.7 Å². The molecule has 0 radical (unpaired) electrons. The molecule has 1 unspecified atom stereocenters. The van der Waals surface area contributed by atoms with E-state index < -0.39 is 6.29 Å². The number of rotatable bonds is 4. The molecule has 114 valence electrons. The summed E-state index contributed by atoms with van der Waals surface area (Å²) in [5.41, 5.74) is 3.09. The Morgan fingerprint density at radius 3 is 2.64 bits per heavy atom. The zero-order valence-corrected chi connectivity index (χ0v) is 12.2. The van der Waals surface area contributed by atoms with Crippen LogP contribution in [0.5, 0.6) is 0 Å². The Morgan fingerprint density at radius 2 is 1.95 bits per heavy atom. The minimum atomic E-state index is -0.433. The van der Waals surface area contributed by atoms with Crippen molar-refractivity contribution in [2.24, 2.45) is 0 Å². The second kappa shape index (κ2) is 6.73. The number of aliphatic hydroxyl groups excluding tert-OH is 1. The van der Waals surface area contributed by atoms with Crippen molar-refractivity contribution >= 4 is 5.97 Å². The van der Waals surface area contributed by atoms with Crippen LogP contribution in [0.25, 0.3) is 11.1 Å². The van der Waals surface area contributed by atoms with Gasteiger partial charge in [0.1, 0.15) is 0 Å². The Balaban J connectivity index is 1.86. The molecule has 1 heterocycles. The number of esters is 1. The molecular formula is C18H18O4. The molecule has 2 aromatic rings. The number of hydrogen-bond acceptors (Lipinski definition) is 4. The third-order valence-corrected chi connectivity index (χ3v) is 3.72. The van der Waals surface area contributed by atoms with Crippen LogP contribution < -0.4 is 0 Å². The summed E-state index contributed by atoms with van der Waals surface area (Å²) < 4.78 is 10.8. The van der Waals surface area contributed by atoms with Crippen molar-refractivity contribution < 1.29 is 19.4 Å². The summed E-state index contributed by atoms with van der Waals surface area (Å²) in [6, 6.07) is 14.8. The first-order valence-electron chi connectivity index (χ1n) is 7.40. The van der Waals surface area contributed by atoms with Gasteiger partial charge in [0.2, 0.25) is 6.29 Å². The topological polar surface area (TPSA) is 55.8 Å². The lowest BCUT2D eigenvalue weighted by molar-refractivity contribution is -0.0775. The van der Waals surface area contributed by atoms with E-state index in [9.17, 15) is 4.79 Å². The van der Waals surface area contributed by atoms with Crippen molar-refractivity contribution in [1.82, 2.24) is 0 Å². The SMILES string of the molecule is O=C(OC1CCCO1)c1ccccc1-c1ccc(CO)cc1. The highest BCUT2D eigenvalue weighted by Crippen LogP contribution is 2.26. The van der Waals surface area contributed by atoms with Gasteiger partial charge in [0, 0.05) is 6.42 Å². The largest absolute Gasteiger partial charge is 0.432 e. The van der Waals surface area contributed by atoms with Crippen LogP contribution in [0.15, 0.2) is 48.5 Å². The van der Waals surface area contributed by atoms with Gasteiger partial charge < -0.3 is 14.6 Å². The first kappa shape index (κ1) is 14.8. The van der Waals surface area contributed by atoms with E-state index in [-0.39, 0.29) is 12.6 Å². The van der Waals surface area contributed by atoms with E-state index >= 15 is 0 Å². The van der Waals surface area contributed by atoms with Gasteiger partial charge in [-0.15, -0.1) is 0 Å². The Kier molecular flexibility index (Phi) is 4.51. The monoisotopic (exact) mass is 298 g/mol. The molecule has 1 saturated heterocycles. The van der Waals surface area contributed by atoms with Crippen molar-refractivity contribution in [3.63, 3.8) is 0 Å². The van der Waals surface area contributed by atoms with Gasteiger partial charge in [-0.05, 0) is 29.2 Å². The highest BCUT2D eigenvalue weighted by Gasteiger charge is 2.22. The zero-order valence-electron chi connectivity index (χ0n) is 12.2. The van der Waals surface area contributed by atoms with Crippen molar-refractivity contribution in [2.75, 3.05) is 6.61 Å². The maximum Gasteiger partial charge on any atom is 0.341 e. The summed E-state index contributed by atoms with van der Waals surface area (Å²) in [5, 5.41) is 9.11. The van der Waals surface area contributed by atoms with E-state index in [1.54, 1.807) is 6.07 Å². The van der Waals surface area contributed by atoms with Crippen LogP contribution >= 0.6 is 0 Å². The van der Waals surface area contributed by atoms with Crippen LogP contribution in [0, 0.1) is 0 Å². The predicted octanol–water partition coefficient (Wildman–Crippen LogP) is 3.14. The molecule has 0 saturated carbocycles.